The Bertz CT molecular complexity index is 2840. The van der Waals surface area contributed by atoms with Crippen molar-refractivity contribution in [1.29, 1.82) is 5.26 Å². The first-order valence-corrected chi connectivity index (χ1v) is 24.6. The number of hydrogen-bond donors (Lipinski definition) is 1. The second-order valence-corrected chi connectivity index (χ2v) is 20.0. The molecule has 3 fully saturated rings. The number of amides is 2. The molecule has 6 aromatic rings. The van der Waals surface area contributed by atoms with E-state index < -0.39 is 0 Å². The number of pyridine rings is 1. The van der Waals surface area contributed by atoms with Crippen LogP contribution in [-0.4, -0.2) is 108 Å². The van der Waals surface area contributed by atoms with Crippen molar-refractivity contribution in [3.63, 3.8) is 0 Å². The van der Waals surface area contributed by atoms with E-state index in [0.29, 0.717) is 58.9 Å². The monoisotopic (exact) mass is 934 g/mol. The topological polar surface area (TPSA) is 163 Å². The summed E-state index contributed by atoms with van der Waals surface area (Å²) in [6.45, 7) is 12.5. The van der Waals surface area contributed by atoms with E-state index >= 15 is 0 Å². The van der Waals surface area contributed by atoms with Crippen LogP contribution in [-0.2, 0) is 24.8 Å². The van der Waals surface area contributed by atoms with E-state index in [9.17, 15) is 9.59 Å². The first-order chi connectivity index (χ1) is 33.0. The molecule has 352 valence electrons. The zero-order valence-corrected chi connectivity index (χ0v) is 40.1. The number of fused-ring (bicyclic) bond motifs is 2. The summed E-state index contributed by atoms with van der Waals surface area (Å²) in [5.41, 5.74) is 7.04. The van der Waals surface area contributed by atoms with Crippen LogP contribution in [0.4, 0.5) is 5.82 Å². The summed E-state index contributed by atoms with van der Waals surface area (Å²) in [6, 6.07) is 19.8. The predicted octanol–water partition coefficient (Wildman–Crippen LogP) is 7.88. The maximum Gasteiger partial charge on any atom is 0.272 e. The Balaban J connectivity index is 0.737. The van der Waals surface area contributed by atoms with E-state index in [2.05, 4.69) is 79.3 Å². The van der Waals surface area contributed by atoms with Gasteiger partial charge in [-0.3, -0.25) is 23.9 Å². The highest BCUT2D eigenvalue weighted by molar-refractivity contribution is 6.31. The molecule has 15 nitrogen and oxygen atoms in total. The van der Waals surface area contributed by atoms with Crippen LogP contribution in [0.5, 0.6) is 5.75 Å². The maximum absolute atomic E-state index is 13.2. The molecule has 4 aromatic heterocycles. The van der Waals surface area contributed by atoms with Gasteiger partial charge in [-0.1, -0.05) is 43.6 Å². The predicted molar refractivity (Wildman–Crippen MR) is 261 cm³/mol. The molecule has 1 unspecified atom stereocenters. The zero-order chi connectivity index (χ0) is 47.1. The Morgan fingerprint density at radius 2 is 1.74 bits per heavy atom. The van der Waals surface area contributed by atoms with Gasteiger partial charge in [0, 0.05) is 118 Å². The molecule has 3 aliphatic heterocycles. The fourth-order valence-corrected chi connectivity index (χ4v) is 11.4. The number of piperidine rings is 2. The molecule has 1 saturated carbocycles. The van der Waals surface area contributed by atoms with Crippen LogP contribution in [0.3, 0.4) is 0 Å². The number of halogens is 1. The summed E-state index contributed by atoms with van der Waals surface area (Å²) in [6.07, 6.45) is 11.8. The van der Waals surface area contributed by atoms with Gasteiger partial charge < -0.3 is 24.8 Å². The highest BCUT2D eigenvalue weighted by Crippen LogP contribution is 2.39. The molecule has 2 saturated heterocycles. The van der Waals surface area contributed by atoms with Crippen molar-refractivity contribution in [2.24, 2.45) is 24.8 Å². The van der Waals surface area contributed by atoms with Gasteiger partial charge in [0.05, 0.1) is 40.3 Å². The fourth-order valence-electron chi connectivity index (χ4n) is 11.2. The minimum atomic E-state index is -0.206. The van der Waals surface area contributed by atoms with Crippen LogP contribution in [0.25, 0.3) is 33.3 Å². The van der Waals surface area contributed by atoms with Gasteiger partial charge in [-0.05, 0) is 92.0 Å². The smallest absolute Gasteiger partial charge is 0.272 e. The number of carbonyl (C=O) groups excluding carboxylic acids is 2. The number of nitrogens with one attached hydrogen (secondary N) is 1. The van der Waals surface area contributed by atoms with E-state index in [1.807, 2.05) is 36.6 Å². The van der Waals surface area contributed by atoms with E-state index in [-0.39, 0.29) is 24.0 Å². The maximum atomic E-state index is 13.2. The van der Waals surface area contributed by atoms with E-state index in [4.69, 9.17) is 31.7 Å². The molecule has 1 aliphatic carbocycles. The molecule has 0 bridgehead atoms. The quantitative estimate of drug-likeness (QED) is 0.142. The number of hydrogen-bond acceptors (Lipinski definition) is 11. The number of benzene rings is 2. The highest BCUT2D eigenvalue weighted by atomic mass is 35.5. The lowest BCUT2D eigenvalue weighted by molar-refractivity contribution is -0.129. The van der Waals surface area contributed by atoms with E-state index in [0.717, 1.165) is 122 Å². The van der Waals surface area contributed by atoms with Gasteiger partial charge in [0.15, 0.2) is 11.5 Å². The Kier molecular flexibility index (Phi) is 12.9. The molecule has 2 amide bonds. The molecular formula is C52H59ClN12O3. The number of nitrogens with zero attached hydrogens (tertiary/aromatic N) is 11. The zero-order valence-electron chi connectivity index (χ0n) is 39.3. The molecule has 1 N–H and O–H groups in total. The van der Waals surface area contributed by atoms with Crippen molar-refractivity contribution in [3.8, 4) is 34.3 Å². The normalized spacial score (nSPS) is 22.4. The van der Waals surface area contributed by atoms with Crippen LogP contribution >= 0.6 is 11.6 Å². The molecule has 3 atom stereocenters. The average molecular weight is 936 g/mol. The summed E-state index contributed by atoms with van der Waals surface area (Å²) >= 11 is 6.19. The van der Waals surface area contributed by atoms with Crippen LogP contribution in [0.1, 0.15) is 92.6 Å². The molecule has 7 heterocycles. The van der Waals surface area contributed by atoms with Gasteiger partial charge in [-0.15, -0.1) is 10.2 Å². The van der Waals surface area contributed by atoms with Gasteiger partial charge in [-0.2, -0.15) is 15.5 Å². The van der Waals surface area contributed by atoms with Crippen molar-refractivity contribution >= 4 is 40.0 Å². The standard InChI is InChI=1S/C52H59ClN12O3/c1-32-27-64(50-15-14-47(58-59-50)52(67)57-38-9-12-40(13-10-38)68-41-11-8-36(24-54)46(53)23-41)28-33(2)44(32)30-62-19-16-39(17-20-62)65-49-18-21-63(34(3)66)31-45(49)51(60-65)42-7-5-6-35-22-48(55-26-43(35)42)37-25-56-61(4)29-37/h5-8,11,14-15,22-23,25-26,29,32-33,38-40,44H,9-10,12-13,16-21,27-28,30-31H2,1-4H3,(H,57,67)/t32-,33+,38?,40?,44?. The summed E-state index contributed by atoms with van der Waals surface area (Å²) in [5, 5.41) is 33.6. The van der Waals surface area contributed by atoms with Crippen molar-refractivity contribution in [1.82, 2.24) is 49.9 Å². The van der Waals surface area contributed by atoms with Gasteiger partial charge in [0.1, 0.15) is 11.8 Å². The Labute approximate surface area is 402 Å². The minimum absolute atomic E-state index is 0.0258. The SMILES string of the molecule is CC(=O)N1CCc2c(c(-c3cccc4cc(-c5cnn(C)c5)ncc34)nn2C2CCN(CC3[C@H](C)CN(c4ccc(C(=O)NC5CCC(Oc6ccc(C#N)c(Cl)c6)CC5)nn4)C[C@@H]3C)CC2)C1. The highest BCUT2D eigenvalue weighted by Gasteiger charge is 2.36. The van der Waals surface area contributed by atoms with Crippen molar-refractivity contribution in [2.75, 3.05) is 44.2 Å². The van der Waals surface area contributed by atoms with Crippen LogP contribution < -0.4 is 15.0 Å². The second-order valence-electron chi connectivity index (χ2n) is 19.6. The first kappa shape index (κ1) is 45.4. The number of nitriles is 1. The summed E-state index contributed by atoms with van der Waals surface area (Å²) in [4.78, 5) is 37.7. The third kappa shape index (κ3) is 9.40. The van der Waals surface area contributed by atoms with Gasteiger partial charge in [0.2, 0.25) is 5.91 Å². The average Bonchev–Trinajstić information content (AvgIpc) is 3.96. The second kappa shape index (κ2) is 19.3. The number of carbonyl (C=O) groups is 2. The third-order valence-corrected chi connectivity index (χ3v) is 15.3. The van der Waals surface area contributed by atoms with Crippen molar-refractivity contribution in [3.05, 3.63) is 101 Å². The Morgan fingerprint density at radius 3 is 2.43 bits per heavy atom. The van der Waals surface area contributed by atoms with Crippen LogP contribution in [0.15, 0.2) is 73.2 Å². The molecule has 0 radical (unpaired) electrons. The molecule has 0 spiro atoms. The Hall–Kier alpha value is -6.37. The number of aryl methyl sites for hydroxylation is 1. The molecular weight excluding hydrogens is 876 g/mol. The number of ether oxygens (including phenoxy) is 1. The summed E-state index contributed by atoms with van der Waals surface area (Å²) in [7, 11) is 1.91. The van der Waals surface area contributed by atoms with Crippen molar-refractivity contribution in [2.45, 2.75) is 90.4 Å². The lowest BCUT2D eigenvalue weighted by Crippen LogP contribution is -2.50. The molecule has 68 heavy (non-hydrogen) atoms. The largest absolute Gasteiger partial charge is 0.490 e. The van der Waals surface area contributed by atoms with Crippen molar-refractivity contribution < 1.29 is 14.3 Å². The summed E-state index contributed by atoms with van der Waals surface area (Å²) in [5.74, 6) is 2.80. The first-order valence-electron chi connectivity index (χ1n) is 24.2. The third-order valence-electron chi connectivity index (χ3n) is 15.0. The van der Waals surface area contributed by atoms with Gasteiger partial charge in [-0.25, -0.2) is 0 Å². The molecule has 10 rings (SSSR count). The van der Waals surface area contributed by atoms with E-state index in [1.54, 1.807) is 35.9 Å². The number of likely N-dealkylation sites (tertiary alicyclic amines) is 1. The van der Waals surface area contributed by atoms with Crippen LogP contribution in [0, 0.1) is 29.1 Å². The van der Waals surface area contributed by atoms with E-state index in [1.165, 1.54) is 5.69 Å². The number of anilines is 1. The molecule has 2 aromatic carbocycles. The fraction of sp³-hybridized carbons (Fsp3) is 0.462. The van der Waals surface area contributed by atoms with Crippen LogP contribution in [0.2, 0.25) is 5.02 Å². The van der Waals surface area contributed by atoms with Gasteiger partial charge in [0.25, 0.3) is 5.91 Å². The molecule has 4 aliphatic rings. The number of aromatic nitrogens is 7. The lowest BCUT2D eigenvalue weighted by Gasteiger charge is -2.44. The lowest BCUT2D eigenvalue weighted by atomic mass is 9.79. The van der Waals surface area contributed by atoms with Gasteiger partial charge >= 0.3 is 0 Å². The summed E-state index contributed by atoms with van der Waals surface area (Å²) < 4.78 is 10.2. The Morgan fingerprint density at radius 1 is 0.941 bits per heavy atom. The minimum Gasteiger partial charge on any atom is -0.490 e. The molecule has 16 heteroatoms. The number of rotatable bonds is 10.